The Hall–Kier alpha value is -6.72. The van der Waals surface area contributed by atoms with Crippen molar-refractivity contribution in [2.24, 2.45) is 0 Å². The van der Waals surface area contributed by atoms with Gasteiger partial charge in [0, 0.05) is 38.6 Å². The molecule has 0 unspecified atom stereocenters. The number of aromatic nitrogens is 4. The second-order valence-electron chi connectivity index (χ2n) is 11.9. The molecular formula is C44H28N4O. The van der Waals surface area contributed by atoms with E-state index in [2.05, 4.69) is 72.8 Å². The van der Waals surface area contributed by atoms with Crippen molar-refractivity contribution in [2.75, 3.05) is 0 Å². The van der Waals surface area contributed by atoms with Gasteiger partial charge in [0.15, 0.2) is 23.1 Å². The number of hydrogen-bond acceptors (Lipinski definition) is 5. The van der Waals surface area contributed by atoms with Crippen LogP contribution in [0.1, 0.15) is 0 Å². The van der Waals surface area contributed by atoms with Gasteiger partial charge in [-0.2, -0.15) is 0 Å². The second kappa shape index (κ2) is 12.1. The molecule has 0 fully saturated rings. The molecule has 9 aromatic rings. The fraction of sp³-hybridized carbons (Fsp3) is 0. The van der Waals surface area contributed by atoms with Crippen LogP contribution in [0.2, 0.25) is 0 Å². The van der Waals surface area contributed by atoms with Gasteiger partial charge >= 0.3 is 0 Å². The van der Waals surface area contributed by atoms with Gasteiger partial charge < -0.3 is 4.42 Å². The number of nitrogens with zero attached hydrogens (tertiary/aromatic N) is 4. The Balaban J connectivity index is 1.19. The molecule has 9 rings (SSSR count). The molecular weight excluding hydrogens is 601 g/mol. The van der Waals surface area contributed by atoms with Crippen molar-refractivity contribution in [3.63, 3.8) is 0 Å². The predicted molar refractivity (Wildman–Crippen MR) is 198 cm³/mol. The van der Waals surface area contributed by atoms with Crippen LogP contribution in [0.5, 0.6) is 0 Å². The Labute approximate surface area is 283 Å². The van der Waals surface area contributed by atoms with E-state index in [1.807, 2.05) is 97.1 Å². The molecule has 49 heavy (non-hydrogen) atoms. The number of hydrogen-bond donors (Lipinski definition) is 0. The van der Waals surface area contributed by atoms with E-state index in [4.69, 9.17) is 24.4 Å². The summed E-state index contributed by atoms with van der Waals surface area (Å²) in [4.78, 5) is 19.9. The minimum atomic E-state index is 0.621. The molecule has 3 heterocycles. The van der Waals surface area contributed by atoms with Crippen LogP contribution in [0.25, 0.3) is 89.7 Å². The summed E-state index contributed by atoms with van der Waals surface area (Å²) in [5.74, 6) is 1.90. The number of rotatable bonds is 6. The first-order valence-corrected chi connectivity index (χ1v) is 16.2. The van der Waals surface area contributed by atoms with Crippen LogP contribution in [0, 0.1) is 0 Å². The maximum absolute atomic E-state index is 6.53. The van der Waals surface area contributed by atoms with E-state index in [0.717, 1.165) is 72.3 Å². The molecule has 0 N–H and O–H groups in total. The molecule has 5 heteroatoms. The summed E-state index contributed by atoms with van der Waals surface area (Å²) in [5, 5.41) is 2.06. The van der Waals surface area contributed by atoms with Gasteiger partial charge in [-0.1, -0.05) is 146 Å². The van der Waals surface area contributed by atoms with E-state index in [0.29, 0.717) is 17.5 Å². The summed E-state index contributed by atoms with van der Waals surface area (Å²) in [5.41, 5.74) is 10.3. The smallest absolute Gasteiger partial charge is 0.164 e. The highest BCUT2D eigenvalue weighted by atomic mass is 16.3. The van der Waals surface area contributed by atoms with Gasteiger partial charge in [-0.25, -0.2) is 19.9 Å². The third-order valence-electron chi connectivity index (χ3n) is 8.73. The molecule has 5 nitrogen and oxygen atoms in total. The van der Waals surface area contributed by atoms with E-state index in [-0.39, 0.29) is 0 Å². The Kier molecular flexibility index (Phi) is 7.06. The monoisotopic (exact) mass is 628 g/mol. The molecule has 0 atom stereocenters. The molecule has 0 saturated carbocycles. The molecule has 0 saturated heterocycles. The van der Waals surface area contributed by atoms with Crippen molar-refractivity contribution in [2.45, 2.75) is 0 Å². The minimum absolute atomic E-state index is 0.621. The van der Waals surface area contributed by atoms with Crippen LogP contribution in [-0.4, -0.2) is 19.9 Å². The van der Waals surface area contributed by atoms with Gasteiger partial charge in [-0.05, 0) is 35.4 Å². The lowest BCUT2D eigenvalue weighted by atomic mass is 9.99. The first kappa shape index (κ1) is 28.5. The minimum Gasteiger partial charge on any atom is -0.454 e. The quantitative estimate of drug-likeness (QED) is 0.183. The Bertz CT molecular complexity index is 2530. The molecule has 0 radical (unpaired) electrons. The molecule has 0 spiro atoms. The number of pyridine rings is 1. The van der Waals surface area contributed by atoms with Crippen LogP contribution in [0.4, 0.5) is 0 Å². The average Bonchev–Trinajstić information content (AvgIpc) is 3.57. The Morgan fingerprint density at radius 2 is 0.816 bits per heavy atom. The van der Waals surface area contributed by atoms with Crippen molar-refractivity contribution in [1.82, 2.24) is 19.9 Å². The van der Waals surface area contributed by atoms with Crippen molar-refractivity contribution >= 4 is 21.9 Å². The van der Waals surface area contributed by atoms with E-state index in [9.17, 15) is 0 Å². The maximum atomic E-state index is 6.53. The van der Waals surface area contributed by atoms with Gasteiger partial charge in [-0.3, -0.25) is 0 Å². The van der Waals surface area contributed by atoms with Gasteiger partial charge in [0.1, 0.15) is 11.3 Å². The summed E-state index contributed by atoms with van der Waals surface area (Å²) < 4.78 is 6.53. The zero-order chi connectivity index (χ0) is 32.6. The zero-order valence-electron chi connectivity index (χ0n) is 26.4. The zero-order valence-corrected chi connectivity index (χ0v) is 26.4. The molecule has 0 aliphatic rings. The van der Waals surface area contributed by atoms with Crippen LogP contribution < -0.4 is 0 Å². The average molecular weight is 629 g/mol. The summed E-state index contributed by atoms with van der Waals surface area (Å²) >= 11 is 0. The fourth-order valence-electron chi connectivity index (χ4n) is 6.28. The molecule has 0 bridgehead atoms. The first-order chi connectivity index (χ1) is 24.3. The second-order valence-corrected chi connectivity index (χ2v) is 11.9. The van der Waals surface area contributed by atoms with E-state index < -0.39 is 0 Å². The van der Waals surface area contributed by atoms with E-state index in [1.165, 1.54) is 0 Å². The SMILES string of the molecule is c1ccc(-c2cc3c(oc4ccc(-c5cccc(-c6nc(-c7ccccc7)nc(-c7ccccc7)n6)c5)cc43)c(-c3ccccc3)n2)cc1. The highest BCUT2D eigenvalue weighted by Crippen LogP contribution is 2.39. The van der Waals surface area contributed by atoms with Gasteiger partial charge in [-0.15, -0.1) is 0 Å². The standard InChI is InChI=1S/C44H28N4O/c1-5-14-29(15-6-1)38-28-37-36-27-34(24-25-39(36)49-41(37)40(45-38)30-16-7-2-8-17-30)33-22-13-23-35(26-33)44-47-42(31-18-9-3-10-19-31)46-43(48-44)32-20-11-4-12-21-32/h1-28H. The largest absolute Gasteiger partial charge is 0.454 e. The van der Waals surface area contributed by atoms with Crippen molar-refractivity contribution in [3.05, 3.63) is 170 Å². The number of furan rings is 1. The van der Waals surface area contributed by atoms with Gasteiger partial charge in [0.25, 0.3) is 0 Å². The summed E-state index contributed by atoms with van der Waals surface area (Å²) in [6, 6.07) is 57.5. The lowest BCUT2D eigenvalue weighted by molar-refractivity contribution is 0.668. The predicted octanol–water partition coefficient (Wildman–Crippen LogP) is 11.2. The van der Waals surface area contributed by atoms with Crippen molar-refractivity contribution in [3.8, 4) is 67.8 Å². The van der Waals surface area contributed by atoms with Crippen LogP contribution in [-0.2, 0) is 0 Å². The molecule has 6 aromatic carbocycles. The number of benzene rings is 6. The molecule has 3 aromatic heterocycles. The highest BCUT2D eigenvalue weighted by molar-refractivity contribution is 6.11. The highest BCUT2D eigenvalue weighted by Gasteiger charge is 2.18. The maximum Gasteiger partial charge on any atom is 0.164 e. The fourth-order valence-corrected chi connectivity index (χ4v) is 6.28. The van der Waals surface area contributed by atoms with Crippen molar-refractivity contribution in [1.29, 1.82) is 0 Å². The Morgan fingerprint density at radius 1 is 0.327 bits per heavy atom. The number of fused-ring (bicyclic) bond motifs is 3. The first-order valence-electron chi connectivity index (χ1n) is 16.2. The van der Waals surface area contributed by atoms with Crippen LogP contribution >= 0.6 is 0 Å². The van der Waals surface area contributed by atoms with Gasteiger partial charge in [0.2, 0.25) is 0 Å². The molecule has 0 aliphatic carbocycles. The molecule has 230 valence electrons. The van der Waals surface area contributed by atoms with Crippen LogP contribution in [0.3, 0.4) is 0 Å². The third kappa shape index (κ3) is 5.43. The van der Waals surface area contributed by atoms with Crippen molar-refractivity contribution < 1.29 is 4.42 Å². The summed E-state index contributed by atoms with van der Waals surface area (Å²) in [6.07, 6.45) is 0. The third-order valence-corrected chi connectivity index (χ3v) is 8.73. The van der Waals surface area contributed by atoms with Gasteiger partial charge in [0.05, 0.1) is 5.69 Å². The topological polar surface area (TPSA) is 64.7 Å². The lowest BCUT2D eigenvalue weighted by Crippen LogP contribution is -2.00. The molecule has 0 aliphatic heterocycles. The van der Waals surface area contributed by atoms with E-state index >= 15 is 0 Å². The van der Waals surface area contributed by atoms with Crippen LogP contribution in [0.15, 0.2) is 174 Å². The lowest BCUT2D eigenvalue weighted by Gasteiger charge is -2.10. The Morgan fingerprint density at radius 3 is 1.43 bits per heavy atom. The normalized spacial score (nSPS) is 11.3. The van der Waals surface area contributed by atoms with E-state index in [1.54, 1.807) is 0 Å². The summed E-state index contributed by atoms with van der Waals surface area (Å²) in [7, 11) is 0. The summed E-state index contributed by atoms with van der Waals surface area (Å²) in [6.45, 7) is 0. The molecule has 0 amide bonds.